The van der Waals surface area contributed by atoms with Gasteiger partial charge in [0, 0.05) is 3.57 Å². The molecule has 2 rings (SSSR count). The fraction of sp³-hybridized carbons (Fsp3) is 0. The molecule has 0 saturated heterocycles. The molecule has 0 amide bonds. The first-order valence-electron chi connectivity index (χ1n) is 4.15. The highest BCUT2D eigenvalue weighted by atomic mass is 127. The quantitative estimate of drug-likeness (QED) is 0.623. The van der Waals surface area contributed by atoms with E-state index in [-0.39, 0.29) is 5.28 Å². The predicted molar refractivity (Wildman–Crippen MR) is 66.3 cm³/mol. The molecular weight excluding hydrogens is 326 g/mol. The van der Waals surface area contributed by atoms with E-state index in [9.17, 15) is 0 Å². The van der Waals surface area contributed by atoms with Crippen molar-refractivity contribution < 1.29 is 4.74 Å². The van der Waals surface area contributed by atoms with E-state index in [0.717, 1.165) is 9.32 Å². The van der Waals surface area contributed by atoms with Crippen molar-refractivity contribution in [2.75, 3.05) is 0 Å². The average molecular weight is 333 g/mol. The van der Waals surface area contributed by atoms with Gasteiger partial charge in [0.1, 0.15) is 5.75 Å². The van der Waals surface area contributed by atoms with Gasteiger partial charge >= 0.3 is 0 Å². The van der Waals surface area contributed by atoms with Gasteiger partial charge in [-0.3, -0.25) is 0 Å². The van der Waals surface area contributed by atoms with Crippen molar-refractivity contribution in [1.82, 2.24) is 9.97 Å². The average Bonchev–Trinajstić information content (AvgIpc) is 2.25. The molecule has 0 N–H and O–H groups in total. The summed E-state index contributed by atoms with van der Waals surface area (Å²) >= 11 is 7.79. The Morgan fingerprint density at radius 1 is 1.00 bits per heavy atom. The Balaban J connectivity index is 2.15. The molecule has 5 heteroatoms. The van der Waals surface area contributed by atoms with Crippen LogP contribution in [0.2, 0.25) is 5.28 Å². The monoisotopic (exact) mass is 332 g/mol. The first-order valence-corrected chi connectivity index (χ1v) is 5.61. The molecule has 0 radical (unpaired) electrons. The molecule has 76 valence electrons. The van der Waals surface area contributed by atoms with Crippen molar-refractivity contribution in [3.63, 3.8) is 0 Å². The van der Waals surface area contributed by atoms with Gasteiger partial charge in [0.2, 0.25) is 5.28 Å². The maximum Gasteiger partial charge on any atom is 0.222 e. The van der Waals surface area contributed by atoms with Gasteiger partial charge in [0.05, 0.1) is 12.4 Å². The van der Waals surface area contributed by atoms with E-state index >= 15 is 0 Å². The third-order valence-electron chi connectivity index (χ3n) is 1.65. The normalized spacial score (nSPS) is 10.0. The van der Waals surface area contributed by atoms with Gasteiger partial charge in [0.15, 0.2) is 5.75 Å². The Morgan fingerprint density at radius 2 is 1.60 bits per heavy atom. The molecule has 0 aliphatic heterocycles. The molecule has 1 heterocycles. The fourth-order valence-electron chi connectivity index (χ4n) is 0.992. The zero-order chi connectivity index (χ0) is 10.7. The van der Waals surface area contributed by atoms with Crippen LogP contribution in [0.4, 0.5) is 0 Å². The van der Waals surface area contributed by atoms with E-state index in [2.05, 4.69) is 32.6 Å². The SMILES string of the molecule is Clc1ncc(Oc2ccc(I)cc2)cn1. The molecule has 0 spiro atoms. The van der Waals surface area contributed by atoms with Crippen molar-refractivity contribution in [2.24, 2.45) is 0 Å². The smallest absolute Gasteiger partial charge is 0.222 e. The molecule has 1 aromatic heterocycles. The van der Waals surface area contributed by atoms with E-state index in [1.54, 1.807) is 0 Å². The Labute approximate surface area is 106 Å². The van der Waals surface area contributed by atoms with Gasteiger partial charge in [-0.05, 0) is 58.5 Å². The molecule has 0 unspecified atom stereocenters. The van der Waals surface area contributed by atoms with Crippen molar-refractivity contribution in [2.45, 2.75) is 0 Å². The lowest BCUT2D eigenvalue weighted by Gasteiger charge is -2.04. The molecule has 0 aliphatic rings. The number of benzene rings is 1. The summed E-state index contributed by atoms with van der Waals surface area (Å²) in [5.41, 5.74) is 0. The fourth-order valence-corrected chi connectivity index (χ4v) is 1.45. The molecule has 1 aromatic carbocycles. The summed E-state index contributed by atoms with van der Waals surface area (Å²) < 4.78 is 6.66. The molecule has 0 aliphatic carbocycles. The van der Waals surface area contributed by atoms with Crippen LogP contribution < -0.4 is 4.74 Å². The molecule has 0 bridgehead atoms. The lowest BCUT2D eigenvalue weighted by Crippen LogP contribution is -1.87. The minimum atomic E-state index is 0.213. The van der Waals surface area contributed by atoms with Crippen molar-refractivity contribution in [3.05, 3.63) is 45.5 Å². The highest BCUT2D eigenvalue weighted by molar-refractivity contribution is 14.1. The second-order valence-corrected chi connectivity index (χ2v) is 4.33. The number of nitrogens with zero attached hydrogens (tertiary/aromatic N) is 2. The number of ether oxygens (including phenoxy) is 1. The molecular formula is C10H6ClIN2O. The van der Waals surface area contributed by atoms with Gasteiger partial charge in [-0.1, -0.05) is 0 Å². The topological polar surface area (TPSA) is 35.0 Å². The van der Waals surface area contributed by atoms with E-state index in [4.69, 9.17) is 16.3 Å². The summed E-state index contributed by atoms with van der Waals surface area (Å²) in [6.07, 6.45) is 3.07. The lowest BCUT2D eigenvalue weighted by molar-refractivity contribution is 0.477. The molecule has 3 nitrogen and oxygen atoms in total. The molecule has 0 saturated carbocycles. The maximum atomic E-state index is 5.56. The van der Waals surface area contributed by atoms with Crippen LogP contribution >= 0.6 is 34.2 Å². The van der Waals surface area contributed by atoms with Gasteiger partial charge in [-0.2, -0.15) is 0 Å². The lowest BCUT2D eigenvalue weighted by atomic mass is 10.3. The Bertz CT molecular complexity index is 400. The maximum absolute atomic E-state index is 5.56. The molecule has 0 fully saturated rings. The zero-order valence-electron chi connectivity index (χ0n) is 7.52. The van der Waals surface area contributed by atoms with E-state index < -0.39 is 0 Å². The second kappa shape index (κ2) is 4.76. The highest BCUT2D eigenvalue weighted by Gasteiger charge is 1.98. The minimum Gasteiger partial charge on any atom is -0.454 e. The molecule has 0 atom stereocenters. The number of hydrogen-bond acceptors (Lipinski definition) is 3. The third kappa shape index (κ3) is 3.04. The van der Waals surface area contributed by atoms with Crippen LogP contribution in [-0.2, 0) is 0 Å². The van der Waals surface area contributed by atoms with Crippen LogP contribution in [0.5, 0.6) is 11.5 Å². The van der Waals surface area contributed by atoms with Crippen molar-refractivity contribution >= 4 is 34.2 Å². The molecule has 15 heavy (non-hydrogen) atoms. The largest absolute Gasteiger partial charge is 0.454 e. The predicted octanol–water partition coefficient (Wildman–Crippen LogP) is 3.53. The van der Waals surface area contributed by atoms with Crippen LogP contribution in [-0.4, -0.2) is 9.97 Å². The van der Waals surface area contributed by atoms with Crippen LogP contribution in [0.25, 0.3) is 0 Å². The molecule has 2 aromatic rings. The van der Waals surface area contributed by atoms with Crippen molar-refractivity contribution in [3.8, 4) is 11.5 Å². The third-order valence-corrected chi connectivity index (χ3v) is 2.56. The van der Waals surface area contributed by atoms with Gasteiger partial charge in [-0.15, -0.1) is 0 Å². The van der Waals surface area contributed by atoms with Crippen molar-refractivity contribution in [1.29, 1.82) is 0 Å². The number of halogens is 2. The van der Waals surface area contributed by atoms with E-state index in [1.807, 2.05) is 24.3 Å². The standard InChI is InChI=1S/C10H6ClIN2O/c11-10-13-5-9(6-14-10)15-8-3-1-7(12)2-4-8/h1-6H. The van der Waals surface area contributed by atoms with Gasteiger partial charge in [-0.25, -0.2) is 9.97 Å². The van der Waals surface area contributed by atoms with Gasteiger partial charge in [0.25, 0.3) is 0 Å². The number of hydrogen-bond donors (Lipinski definition) is 0. The summed E-state index contributed by atoms with van der Waals surface area (Å²) in [7, 11) is 0. The zero-order valence-corrected chi connectivity index (χ0v) is 10.4. The first kappa shape index (κ1) is 10.6. The highest BCUT2D eigenvalue weighted by Crippen LogP contribution is 2.20. The number of aromatic nitrogens is 2. The summed E-state index contributed by atoms with van der Waals surface area (Å²) in [5.74, 6) is 1.32. The minimum absolute atomic E-state index is 0.213. The number of rotatable bonds is 2. The summed E-state index contributed by atoms with van der Waals surface area (Å²) in [6.45, 7) is 0. The van der Waals surface area contributed by atoms with Gasteiger partial charge < -0.3 is 4.74 Å². The Hall–Kier alpha value is -0.880. The van der Waals surface area contributed by atoms with E-state index in [1.165, 1.54) is 12.4 Å². The summed E-state index contributed by atoms with van der Waals surface area (Å²) in [6, 6.07) is 7.70. The van der Waals surface area contributed by atoms with Crippen LogP contribution in [0, 0.1) is 3.57 Å². The van der Waals surface area contributed by atoms with E-state index in [0.29, 0.717) is 5.75 Å². The van der Waals surface area contributed by atoms with Crippen LogP contribution in [0.1, 0.15) is 0 Å². The Morgan fingerprint density at radius 3 is 2.20 bits per heavy atom. The Kier molecular flexibility index (Phi) is 3.37. The van der Waals surface area contributed by atoms with Crippen LogP contribution in [0.3, 0.4) is 0 Å². The summed E-state index contributed by atoms with van der Waals surface area (Å²) in [5, 5.41) is 0.213. The van der Waals surface area contributed by atoms with Crippen LogP contribution in [0.15, 0.2) is 36.7 Å². The second-order valence-electron chi connectivity index (χ2n) is 2.74. The first-order chi connectivity index (χ1) is 7.24. The summed E-state index contributed by atoms with van der Waals surface area (Å²) in [4.78, 5) is 7.64.